The summed E-state index contributed by atoms with van der Waals surface area (Å²) >= 11 is 5.89. The number of nitrogens with zero attached hydrogens (tertiary/aromatic N) is 2. The lowest BCUT2D eigenvalue weighted by atomic mass is 9.83. The van der Waals surface area contributed by atoms with E-state index in [1.165, 1.54) is 68.0 Å². The third-order valence-electron chi connectivity index (χ3n) is 7.76. The van der Waals surface area contributed by atoms with Crippen LogP contribution in [0.1, 0.15) is 73.7 Å². The fourth-order valence-corrected chi connectivity index (χ4v) is 6.61. The summed E-state index contributed by atoms with van der Waals surface area (Å²) in [5.74, 6) is 0.765. The van der Waals surface area contributed by atoms with E-state index in [1.54, 1.807) is 11.1 Å². The number of fused-ring (bicyclic) bond motifs is 3. The molecule has 0 amide bonds. The largest absolute Gasteiger partial charge is 0.341 e. The van der Waals surface area contributed by atoms with Gasteiger partial charge in [-0.15, -0.1) is 0 Å². The smallest absolute Gasteiger partial charge is 0.174 e. The lowest BCUT2D eigenvalue weighted by Crippen LogP contribution is -2.45. The van der Waals surface area contributed by atoms with Crippen LogP contribution in [0, 0.1) is 0 Å². The van der Waals surface area contributed by atoms with Gasteiger partial charge in [0, 0.05) is 35.4 Å². The van der Waals surface area contributed by atoms with Crippen molar-refractivity contribution in [3.8, 4) is 0 Å². The zero-order valence-corrected chi connectivity index (χ0v) is 19.0. The van der Waals surface area contributed by atoms with E-state index in [1.807, 2.05) is 6.07 Å². The van der Waals surface area contributed by atoms with Crippen LogP contribution in [0.5, 0.6) is 0 Å². The molecule has 1 aromatic heterocycles. The minimum atomic E-state index is 0.395. The van der Waals surface area contributed by atoms with Crippen molar-refractivity contribution < 1.29 is 0 Å². The van der Waals surface area contributed by atoms with Crippen LogP contribution in [-0.2, 0) is 13.0 Å². The van der Waals surface area contributed by atoms with E-state index >= 15 is 0 Å². The monoisotopic (exact) mass is 429 g/mol. The quantitative estimate of drug-likeness (QED) is 0.454. The van der Waals surface area contributed by atoms with E-state index in [0.29, 0.717) is 6.04 Å². The fourth-order valence-electron chi connectivity index (χ4n) is 6.27. The van der Waals surface area contributed by atoms with Crippen LogP contribution in [0.15, 0.2) is 48.5 Å². The Labute approximate surface area is 190 Å². The number of para-hydroxylation sites is 1. The van der Waals surface area contributed by atoms with Gasteiger partial charge in [0.15, 0.2) is 5.11 Å². The van der Waals surface area contributed by atoms with Crippen molar-refractivity contribution >= 4 is 33.9 Å². The predicted octanol–water partition coefficient (Wildman–Crippen LogP) is 6.78. The van der Waals surface area contributed by atoms with Gasteiger partial charge in [-0.2, -0.15) is 0 Å². The van der Waals surface area contributed by atoms with Crippen LogP contribution in [0.25, 0.3) is 10.9 Å². The van der Waals surface area contributed by atoms with Crippen molar-refractivity contribution in [2.24, 2.45) is 0 Å². The summed E-state index contributed by atoms with van der Waals surface area (Å²) in [7, 11) is 0. The average molecular weight is 430 g/mol. The van der Waals surface area contributed by atoms with Gasteiger partial charge in [0.1, 0.15) is 0 Å². The number of aromatic nitrogens is 1. The average Bonchev–Trinajstić information content (AvgIpc) is 3.15. The van der Waals surface area contributed by atoms with E-state index < -0.39 is 0 Å². The van der Waals surface area contributed by atoms with Gasteiger partial charge in [0.25, 0.3) is 0 Å². The molecule has 160 valence electrons. The summed E-state index contributed by atoms with van der Waals surface area (Å²) in [4.78, 5) is 2.45. The minimum absolute atomic E-state index is 0.395. The van der Waals surface area contributed by atoms with Crippen LogP contribution in [-0.4, -0.2) is 21.1 Å². The number of aryl methyl sites for hydroxylation is 1. The van der Waals surface area contributed by atoms with Crippen molar-refractivity contribution in [2.75, 3.05) is 11.9 Å². The van der Waals surface area contributed by atoms with Gasteiger partial charge in [0.2, 0.25) is 0 Å². The minimum Gasteiger partial charge on any atom is -0.341 e. The molecule has 0 saturated heterocycles. The number of rotatable bonds is 2. The van der Waals surface area contributed by atoms with Gasteiger partial charge in [-0.05, 0) is 85.6 Å². The normalized spacial score (nSPS) is 21.2. The van der Waals surface area contributed by atoms with Gasteiger partial charge in [-0.1, -0.05) is 43.5 Å². The molecule has 4 heteroatoms. The van der Waals surface area contributed by atoms with Crippen molar-refractivity contribution in [3.63, 3.8) is 0 Å². The second-order valence-electron chi connectivity index (χ2n) is 9.52. The Morgan fingerprint density at radius 2 is 1.74 bits per heavy atom. The molecule has 0 radical (unpaired) electrons. The SMILES string of the molecule is S=C(Nc1ccccc1)N1CCn2c3c(c4cc(C5CCCCC5)ccc42)CCC[C@@H]31. The second kappa shape index (κ2) is 7.98. The van der Waals surface area contributed by atoms with Gasteiger partial charge in [-0.3, -0.25) is 0 Å². The van der Waals surface area contributed by atoms with E-state index in [9.17, 15) is 0 Å². The Hall–Kier alpha value is -2.33. The Morgan fingerprint density at radius 1 is 0.903 bits per heavy atom. The molecule has 3 aromatic rings. The standard InChI is InChI=1S/C27H31N3S/c31-27(28-21-10-5-2-6-11-21)30-17-16-29-24-15-14-20(19-8-3-1-4-9-19)18-23(24)22-12-7-13-25(30)26(22)29/h2,5-6,10-11,14-15,18-19,25H,1,3-4,7-9,12-13,16-17H2,(H,28,31)/t25-/m0/s1. The highest BCUT2D eigenvalue weighted by Gasteiger charge is 2.36. The third-order valence-corrected chi connectivity index (χ3v) is 8.10. The molecule has 0 bridgehead atoms. The van der Waals surface area contributed by atoms with Crippen LogP contribution in [0.2, 0.25) is 0 Å². The molecular weight excluding hydrogens is 398 g/mol. The highest BCUT2D eigenvalue weighted by molar-refractivity contribution is 7.80. The summed E-state index contributed by atoms with van der Waals surface area (Å²) in [5, 5.41) is 5.87. The second-order valence-corrected chi connectivity index (χ2v) is 9.91. The number of anilines is 1. The molecule has 0 unspecified atom stereocenters. The van der Waals surface area contributed by atoms with Crippen LogP contribution in [0.4, 0.5) is 5.69 Å². The Bertz CT molecular complexity index is 1110. The molecule has 3 nitrogen and oxygen atoms in total. The van der Waals surface area contributed by atoms with Crippen LogP contribution in [0.3, 0.4) is 0 Å². The maximum absolute atomic E-state index is 5.89. The molecule has 1 N–H and O–H groups in total. The van der Waals surface area contributed by atoms with Crippen LogP contribution >= 0.6 is 12.2 Å². The number of nitrogens with one attached hydrogen (secondary N) is 1. The Balaban J connectivity index is 1.35. The molecule has 2 heterocycles. The first-order valence-electron chi connectivity index (χ1n) is 12.1. The lowest BCUT2D eigenvalue weighted by Gasteiger charge is -2.41. The molecule has 2 aromatic carbocycles. The molecule has 31 heavy (non-hydrogen) atoms. The number of hydrogen-bond donors (Lipinski definition) is 1. The molecule has 3 aliphatic rings. The molecule has 0 spiro atoms. The first-order chi connectivity index (χ1) is 15.3. The molecule has 2 aliphatic carbocycles. The first kappa shape index (κ1) is 19.4. The predicted molar refractivity (Wildman–Crippen MR) is 133 cm³/mol. The van der Waals surface area contributed by atoms with E-state index in [-0.39, 0.29) is 0 Å². The summed E-state index contributed by atoms with van der Waals surface area (Å²) < 4.78 is 2.61. The van der Waals surface area contributed by atoms with Gasteiger partial charge in [-0.25, -0.2) is 0 Å². The van der Waals surface area contributed by atoms with E-state index in [0.717, 1.165) is 29.8 Å². The lowest BCUT2D eigenvalue weighted by molar-refractivity contribution is 0.235. The Kier molecular flexibility index (Phi) is 4.98. The van der Waals surface area contributed by atoms with Gasteiger partial charge < -0.3 is 14.8 Å². The summed E-state index contributed by atoms with van der Waals surface area (Å²) in [6, 6.07) is 18.1. The van der Waals surface area contributed by atoms with Crippen molar-refractivity contribution in [3.05, 3.63) is 65.4 Å². The maximum atomic E-state index is 5.89. The van der Waals surface area contributed by atoms with Crippen molar-refractivity contribution in [2.45, 2.75) is 69.9 Å². The molecule has 1 atom stereocenters. The third kappa shape index (κ3) is 3.36. The van der Waals surface area contributed by atoms with Crippen molar-refractivity contribution in [1.29, 1.82) is 0 Å². The zero-order chi connectivity index (χ0) is 20.8. The van der Waals surface area contributed by atoms with Gasteiger partial charge >= 0.3 is 0 Å². The maximum Gasteiger partial charge on any atom is 0.174 e. The van der Waals surface area contributed by atoms with Crippen LogP contribution < -0.4 is 5.32 Å². The first-order valence-corrected chi connectivity index (χ1v) is 12.5. The topological polar surface area (TPSA) is 20.2 Å². The van der Waals surface area contributed by atoms with E-state index in [4.69, 9.17) is 12.2 Å². The highest BCUT2D eigenvalue weighted by atomic mass is 32.1. The zero-order valence-electron chi connectivity index (χ0n) is 18.1. The highest BCUT2D eigenvalue weighted by Crippen LogP contribution is 2.44. The molecular formula is C27H31N3S. The molecule has 1 aliphatic heterocycles. The fraction of sp³-hybridized carbons (Fsp3) is 0.444. The number of hydrogen-bond acceptors (Lipinski definition) is 1. The van der Waals surface area contributed by atoms with E-state index in [2.05, 4.69) is 57.2 Å². The molecule has 6 rings (SSSR count). The summed E-state index contributed by atoms with van der Waals surface area (Å²) in [5.41, 5.74) is 7.22. The summed E-state index contributed by atoms with van der Waals surface area (Å²) in [6.07, 6.45) is 10.6. The number of thiocarbonyl (C=S) groups is 1. The van der Waals surface area contributed by atoms with Crippen molar-refractivity contribution in [1.82, 2.24) is 9.47 Å². The Morgan fingerprint density at radius 3 is 2.58 bits per heavy atom. The van der Waals surface area contributed by atoms with Gasteiger partial charge in [0.05, 0.1) is 6.04 Å². The molecule has 1 fully saturated rings. The molecule has 1 saturated carbocycles. The number of benzene rings is 2. The summed E-state index contributed by atoms with van der Waals surface area (Å²) in [6.45, 7) is 1.99.